The lowest BCUT2D eigenvalue weighted by molar-refractivity contribution is -0.126. The summed E-state index contributed by atoms with van der Waals surface area (Å²) in [6.45, 7) is 1.14. The molecule has 1 saturated heterocycles. The van der Waals surface area contributed by atoms with E-state index in [9.17, 15) is 14.4 Å². The van der Waals surface area contributed by atoms with Crippen LogP contribution in [0.25, 0.3) is 0 Å². The fourth-order valence-corrected chi connectivity index (χ4v) is 3.60. The molecule has 1 aromatic carbocycles. The van der Waals surface area contributed by atoms with E-state index in [1.807, 2.05) is 30.3 Å². The monoisotopic (exact) mass is 388 g/mol. The fraction of sp³-hybridized carbons (Fsp3) is 0.333. The number of para-hydroxylation sites is 1. The van der Waals surface area contributed by atoms with Crippen LogP contribution < -0.4 is 10.6 Å². The molecule has 1 fully saturated rings. The highest BCUT2D eigenvalue weighted by molar-refractivity contribution is 7.09. The molecule has 142 valence electrons. The van der Waals surface area contributed by atoms with Crippen molar-refractivity contribution in [2.45, 2.75) is 19.4 Å². The van der Waals surface area contributed by atoms with Crippen molar-refractivity contribution in [3.63, 3.8) is 0 Å². The van der Waals surface area contributed by atoms with Crippen molar-refractivity contribution in [2.75, 3.05) is 18.4 Å². The molecule has 0 spiro atoms. The van der Waals surface area contributed by atoms with E-state index in [4.69, 9.17) is 5.11 Å². The van der Waals surface area contributed by atoms with Gasteiger partial charge < -0.3 is 20.6 Å². The Labute approximate surface area is 160 Å². The number of carboxylic acids is 1. The first-order chi connectivity index (χ1) is 13.0. The Balaban J connectivity index is 1.51. The highest BCUT2D eigenvalue weighted by Crippen LogP contribution is 2.18. The Bertz CT molecular complexity index is 824. The molecule has 3 amide bonds. The third-order valence-corrected chi connectivity index (χ3v) is 5.14. The van der Waals surface area contributed by atoms with E-state index in [0.29, 0.717) is 30.2 Å². The molecule has 3 N–H and O–H groups in total. The molecule has 2 aromatic rings. The van der Waals surface area contributed by atoms with Crippen molar-refractivity contribution in [2.24, 2.45) is 5.92 Å². The van der Waals surface area contributed by atoms with E-state index >= 15 is 0 Å². The zero-order valence-electron chi connectivity index (χ0n) is 14.6. The van der Waals surface area contributed by atoms with Crippen LogP contribution in [0.4, 0.5) is 10.5 Å². The van der Waals surface area contributed by atoms with Gasteiger partial charge >= 0.3 is 12.0 Å². The van der Waals surface area contributed by atoms with E-state index in [1.54, 1.807) is 4.90 Å². The van der Waals surface area contributed by atoms with Gasteiger partial charge in [0.2, 0.25) is 5.91 Å². The van der Waals surface area contributed by atoms with Crippen LogP contribution in [0.15, 0.2) is 35.7 Å². The van der Waals surface area contributed by atoms with Crippen LogP contribution in [0.3, 0.4) is 0 Å². The summed E-state index contributed by atoms with van der Waals surface area (Å²) in [7, 11) is 0. The molecular weight excluding hydrogens is 368 g/mol. The molecule has 1 aromatic heterocycles. The van der Waals surface area contributed by atoms with Crippen LogP contribution in [-0.2, 0) is 11.3 Å². The van der Waals surface area contributed by atoms with Gasteiger partial charge in [0.15, 0.2) is 5.69 Å². The standard InChI is InChI=1S/C18H20N4O4S/c23-16(19-9-15-21-14(11-27-15)17(24)25)12-5-4-8-22(10-12)18(26)20-13-6-2-1-3-7-13/h1-3,6-7,11-12H,4-5,8-10H2,(H,19,23)(H,20,26)(H,24,25). The molecular formula is C18H20N4O4S. The number of anilines is 1. The molecule has 8 nitrogen and oxygen atoms in total. The number of rotatable bonds is 5. The number of carbonyl (C=O) groups is 3. The van der Waals surface area contributed by atoms with E-state index in [1.165, 1.54) is 16.7 Å². The molecule has 1 unspecified atom stereocenters. The van der Waals surface area contributed by atoms with Crippen LogP contribution in [0.2, 0.25) is 0 Å². The Morgan fingerprint density at radius 1 is 1.26 bits per heavy atom. The minimum Gasteiger partial charge on any atom is -0.476 e. The molecule has 1 aliphatic heterocycles. The van der Waals surface area contributed by atoms with Crippen molar-refractivity contribution in [3.8, 4) is 0 Å². The van der Waals surface area contributed by atoms with E-state index in [-0.39, 0.29) is 30.1 Å². The predicted octanol–water partition coefficient (Wildman–Crippen LogP) is 2.40. The summed E-state index contributed by atoms with van der Waals surface area (Å²) >= 11 is 1.19. The lowest BCUT2D eigenvalue weighted by atomic mass is 9.97. The maximum absolute atomic E-state index is 12.4. The number of thiazole rings is 1. The average molecular weight is 388 g/mol. The topological polar surface area (TPSA) is 112 Å². The van der Waals surface area contributed by atoms with Crippen LogP contribution in [0.1, 0.15) is 28.3 Å². The summed E-state index contributed by atoms with van der Waals surface area (Å²) in [4.78, 5) is 41.3. The Morgan fingerprint density at radius 2 is 2.04 bits per heavy atom. The number of piperidine rings is 1. The number of carbonyl (C=O) groups excluding carboxylic acids is 2. The zero-order valence-corrected chi connectivity index (χ0v) is 15.4. The van der Waals surface area contributed by atoms with Gasteiger partial charge in [0.1, 0.15) is 5.01 Å². The molecule has 2 heterocycles. The normalized spacial score (nSPS) is 16.6. The highest BCUT2D eigenvalue weighted by atomic mass is 32.1. The SMILES string of the molecule is O=C(O)c1csc(CNC(=O)C2CCCN(C(=O)Nc3ccccc3)C2)n1. The van der Waals surface area contributed by atoms with Crippen molar-refractivity contribution >= 4 is 34.9 Å². The number of hydrogen-bond acceptors (Lipinski definition) is 5. The summed E-state index contributed by atoms with van der Waals surface area (Å²) in [6, 6.07) is 8.97. The van der Waals surface area contributed by atoms with Gasteiger partial charge in [-0.3, -0.25) is 4.79 Å². The third-order valence-electron chi connectivity index (χ3n) is 4.29. The number of aromatic nitrogens is 1. The number of nitrogens with one attached hydrogen (secondary N) is 2. The van der Waals surface area contributed by atoms with Crippen molar-refractivity contribution in [3.05, 3.63) is 46.4 Å². The van der Waals surface area contributed by atoms with Crippen LogP contribution in [0, 0.1) is 5.92 Å². The van der Waals surface area contributed by atoms with E-state index in [2.05, 4.69) is 15.6 Å². The minimum atomic E-state index is -1.09. The Hall–Kier alpha value is -2.94. The maximum Gasteiger partial charge on any atom is 0.355 e. The number of amides is 3. The van der Waals surface area contributed by atoms with Gasteiger partial charge in [0.05, 0.1) is 12.5 Å². The predicted molar refractivity (Wildman–Crippen MR) is 101 cm³/mol. The van der Waals surface area contributed by atoms with Gasteiger partial charge in [-0.25, -0.2) is 14.6 Å². The fourth-order valence-electron chi connectivity index (χ4n) is 2.90. The molecule has 0 radical (unpaired) electrons. The van der Waals surface area contributed by atoms with E-state index < -0.39 is 5.97 Å². The number of carboxylic acid groups (broad SMARTS) is 1. The lowest BCUT2D eigenvalue weighted by Crippen LogP contribution is -2.46. The number of benzene rings is 1. The van der Waals surface area contributed by atoms with Crippen LogP contribution >= 0.6 is 11.3 Å². The van der Waals surface area contributed by atoms with Gasteiger partial charge in [-0.1, -0.05) is 18.2 Å². The maximum atomic E-state index is 12.4. The van der Waals surface area contributed by atoms with Gasteiger partial charge in [0, 0.05) is 24.2 Å². The lowest BCUT2D eigenvalue weighted by Gasteiger charge is -2.32. The Morgan fingerprint density at radius 3 is 2.74 bits per heavy atom. The number of aromatic carboxylic acids is 1. The van der Waals surface area contributed by atoms with Crippen molar-refractivity contribution in [1.82, 2.24) is 15.2 Å². The molecule has 0 aliphatic carbocycles. The molecule has 1 atom stereocenters. The van der Waals surface area contributed by atoms with Crippen molar-refractivity contribution in [1.29, 1.82) is 0 Å². The number of nitrogens with zero attached hydrogens (tertiary/aromatic N) is 2. The summed E-state index contributed by atoms with van der Waals surface area (Å²) in [5.74, 6) is -1.53. The first-order valence-electron chi connectivity index (χ1n) is 8.59. The number of hydrogen-bond donors (Lipinski definition) is 3. The summed E-state index contributed by atoms with van der Waals surface area (Å²) in [6.07, 6.45) is 1.46. The summed E-state index contributed by atoms with van der Waals surface area (Å²) in [5.41, 5.74) is 0.692. The van der Waals surface area contributed by atoms with Crippen LogP contribution in [0.5, 0.6) is 0 Å². The third kappa shape index (κ3) is 5.04. The van der Waals surface area contributed by atoms with Gasteiger partial charge in [0.25, 0.3) is 0 Å². The second-order valence-corrected chi connectivity index (χ2v) is 7.17. The quantitative estimate of drug-likeness (QED) is 0.728. The largest absolute Gasteiger partial charge is 0.476 e. The molecule has 0 saturated carbocycles. The first-order valence-corrected chi connectivity index (χ1v) is 9.47. The van der Waals surface area contributed by atoms with Gasteiger partial charge in [-0.05, 0) is 25.0 Å². The second-order valence-electron chi connectivity index (χ2n) is 6.23. The molecule has 0 bridgehead atoms. The number of likely N-dealkylation sites (tertiary alicyclic amines) is 1. The Kier molecular flexibility index (Phi) is 6.02. The molecule has 3 rings (SSSR count). The highest BCUT2D eigenvalue weighted by Gasteiger charge is 2.28. The van der Waals surface area contributed by atoms with Crippen LogP contribution in [-0.4, -0.2) is 46.0 Å². The van der Waals surface area contributed by atoms with E-state index in [0.717, 1.165) is 6.42 Å². The second kappa shape index (κ2) is 8.63. The zero-order chi connectivity index (χ0) is 19.2. The average Bonchev–Trinajstić information content (AvgIpc) is 3.16. The molecule has 9 heteroatoms. The number of urea groups is 1. The molecule has 27 heavy (non-hydrogen) atoms. The van der Waals surface area contributed by atoms with Gasteiger partial charge in [-0.2, -0.15) is 0 Å². The minimum absolute atomic E-state index is 0.0225. The van der Waals surface area contributed by atoms with Gasteiger partial charge in [-0.15, -0.1) is 11.3 Å². The smallest absolute Gasteiger partial charge is 0.355 e. The first kappa shape index (κ1) is 18.8. The molecule has 1 aliphatic rings. The summed E-state index contributed by atoms with van der Waals surface area (Å²) in [5, 5.41) is 16.5. The van der Waals surface area contributed by atoms with Crippen molar-refractivity contribution < 1.29 is 19.5 Å². The summed E-state index contributed by atoms with van der Waals surface area (Å²) < 4.78 is 0.